The minimum absolute atomic E-state index is 0.0148. The van der Waals surface area contributed by atoms with Crippen molar-refractivity contribution in [2.75, 3.05) is 0 Å². The summed E-state index contributed by atoms with van der Waals surface area (Å²) in [6.45, 7) is 0. The molecule has 0 atom stereocenters. The van der Waals surface area contributed by atoms with E-state index in [0.717, 1.165) is 6.20 Å². The van der Waals surface area contributed by atoms with Gasteiger partial charge >= 0.3 is 0 Å². The summed E-state index contributed by atoms with van der Waals surface area (Å²) in [4.78, 5) is 20.1. The second-order valence-corrected chi connectivity index (χ2v) is 1.44. The Labute approximate surface area is 54.6 Å². The Morgan fingerprint density at radius 3 is 3.00 bits per heavy atom. The maximum Gasteiger partial charge on any atom is 0.272 e. The lowest BCUT2D eigenvalue weighted by atomic mass is 10.3. The van der Waals surface area contributed by atoms with Crippen LogP contribution in [0.5, 0.6) is 0 Å². The number of hydrogen-bond donors (Lipinski definition) is 0. The second-order valence-electron chi connectivity index (χ2n) is 1.44. The van der Waals surface area contributed by atoms with Crippen LogP contribution in [-0.4, -0.2) is 17.2 Å². The first kappa shape index (κ1) is 6.40. The van der Waals surface area contributed by atoms with Gasteiger partial charge in [-0.05, 0) is 4.90 Å². The fourth-order valence-corrected chi connectivity index (χ4v) is 0.421. The Morgan fingerprint density at radius 2 is 2.60 bits per heavy atom. The highest BCUT2D eigenvalue weighted by atomic mass is 16.8. The maximum atomic E-state index is 10.4. The molecule has 0 amide bonds. The van der Waals surface area contributed by atoms with Crippen LogP contribution in [0.15, 0.2) is 10.8 Å². The van der Waals surface area contributed by atoms with E-state index in [1.54, 1.807) is 0 Å². The Balaban J connectivity index is 3.04. The van der Waals surface area contributed by atoms with Gasteiger partial charge in [-0.1, -0.05) is 0 Å². The zero-order valence-electron chi connectivity index (χ0n) is 4.68. The van der Waals surface area contributed by atoms with Crippen molar-refractivity contribution in [2.45, 2.75) is 0 Å². The summed E-state index contributed by atoms with van der Waals surface area (Å²) in [5.74, 6) is -0.948. The van der Waals surface area contributed by atoms with E-state index in [1.165, 1.54) is 0 Å². The van der Waals surface area contributed by atoms with E-state index >= 15 is 0 Å². The van der Waals surface area contributed by atoms with Crippen LogP contribution in [0.2, 0.25) is 0 Å². The normalized spacial score (nSPS) is 9.20. The van der Waals surface area contributed by atoms with Crippen molar-refractivity contribution >= 4 is 12.1 Å². The van der Waals surface area contributed by atoms with Crippen molar-refractivity contribution in [1.29, 1.82) is 0 Å². The number of rotatable bonds is 2. The first-order valence-electron chi connectivity index (χ1n) is 2.30. The minimum atomic E-state index is -0.948. The van der Waals surface area contributed by atoms with Crippen LogP contribution in [0.3, 0.4) is 0 Å². The lowest BCUT2D eigenvalue weighted by Crippen LogP contribution is -2.31. The van der Waals surface area contributed by atoms with Crippen molar-refractivity contribution < 1.29 is 19.1 Å². The van der Waals surface area contributed by atoms with E-state index in [9.17, 15) is 14.8 Å². The molecular weight excluding hydrogens is 140 g/mol. The number of ketones is 1. The van der Waals surface area contributed by atoms with Crippen molar-refractivity contribution in [3.05, 3.63) is 17.1 Å². The number of Topliss-reactive ketones (excluding diaryl/α,β-unsaturated/α-hetero) is 1. The molecule has 10 heavy (non-hydrogen) atoms. The van der Waals surface area contributed by atoms with Crippen molar-refractivity contribution in [3.63, 3.8) is 0 Å². The van der Waals surface area contributed by atoms with Gasteiger partial charge in [0, 0.05) is 5.16 Å². The first-order valence-corrected chi connectivity index (χ1v) is 2.30. The van der Waals surface area contributed by atoms with Gasteiger partial charge in [-0.3, -0.25) is 14.2 Å². The molecule has 0 aliphatic carbocycles. The van der Waals surface area contributed by atoms with E-state index in [2.05, 4.69) is 9.79 Å². The predicted octanol–water partition coefficient (Wildman–Crippen LogP) is -1.31. The van der Waals surface area contributed by atoms with E-state index in [4.69, 9.17) is 0 Å². The predicted molar refractivity (Wildman–Crippen MR) is 25.9 cm³/mol. The third-order valence-corrected chi connectivity index (χ3v) is 0.852. The highest BCUT2D eigenvalue weighted by molar-refractivity contribution is 6.31. The molecule has 0 saturated carbocycles. The van der Waals surface area contributed by atoms with Crippen LogP contribution < -0.4 is 4.90 Å². The SMILES string of the molecule is O=CC(=O)c1cno[n+]1[O-]. The molecule has 0 radical (unpaired) electrons. The fourth-order valence-electron chi connectivity index (χ4n) is 0.421. The standard InChI is InChI=1S/C4H2N2O4/c7-2-4(8)3-1-5-10-6(3)9/h1-2H. The molecule has 0 N–H and O–H groups in total. The van der Waals surface area contributed by atoms with E-state index in [1.807, 2.05) is 0 Å². The quantitative estimate of drug-likeness (QED) is 0.221. The summed E-state index contributed by atoms with van der Waals surface area (Å²) in [5.41, 5.74) is -0.407. The number of nitrogens with zero attached hydrogens (tertiary/aromatic N) is 2. The smallest absolute Gasteiger partial charge is 0.272 e. The molecule has 0 aliphatic heterocycles. The first-order chi connectivity index (χ1) is 4.75. The third kappa shape index (κ3) is 0.859. The van der Waals surface area contributed by atoms with E-state index < -0.39 is 11.5 Å². The Bertz CT molecular complexity index is 266. The molecular formula is C4H2N2O4. The highest BCUT2D eigenvalue weighted by Crippen LogP contribution is 1.86. The largest absolute Gasteiger partial charge is 0.359 e. The topological polar surface area (TPSA) is 87.1 Å². The van der Waals surface area contributed by atoms with Gasteiger partial charge in [0.1, 0.15) is 0 Å². The zero-order valence-corrected chi connectivity index (χ0v) is 4.68. The number of carbonyl (C=O) groups is 2. The van der Waals surface area contributed by atoms with Gasteiger partial charge in [0.05, 0.1) is 0 Å². The molecule has 0 fully saturated rings. The van der Waals surface area contributed by atoms with Crippen LogP contribution in [0.25, 0.3) is 0 Å². The molecule has 6 nitrogen and oxygen atoms in total. The third-order valence-electron chi connectivity index (χ3n) is 0.852. The molecule has 0 bridgehead atoms. The molecule has 0 aliphatic rings. The van der Waals surface area contributed by atoms with Crippen molar-refractivity contribution in [2.24, 2.45) is 0 Å². The summed E-state index contributed by atoms with van der Waals surface area (Å²) in [6.07, 6.45) is 0.894. The number of aromatic nitrogens is 2. The maximum absolute atomic E-state index is 10.4. The molecule has 1 aromatic rings. The van der Waals surface area contributed by atoms with Crippen molar-refractivity contribution in [1.82, 2.24) is 5.16 Å². The highest BCUT2D eigenvalue weighted by Gasteiger charge is 2.15. The Kier molecular flexibility index (Phi) is 1.44. The van der Waals surface area contributed by atoms with Gasteiger partial charge < -0.3 is 5.21 Å². The van der Waals surface area contributed by atoms with Crippen LogP contribution in [0.1, 0.15) is 10.5 Å². The van der Waals surface area contributed by atoms with E-state index in [-0.39, 0.29) is 11.2 Å². The molecule has 0 unspecified atom stereocenters. The van der Waals surface area contributed by atoms with Gasteiger partial charge in [-0.2, -0.15) is 0 Å². The lowest BCUT2D eigenvalue weighted by molar-refractivity contribution is -0.803. The minimum Gasteiger partial charge on any atom is -0.359 e. The number of hydrogen-bond acceptors (Lipinski definition) is 5. The lowest BCUT2D eigenvalue weighted by Gasteiger charge is -1.84. The molecule has 1 heterocycles. The van der Waals surface area contributed by atoms with Crippen molar-refractivity contribution in [3.8, 4) is 0 Å². The summed E-state index contributed by atoms with van der Waals surface area (Å²) in [7, 11) is 0. The molecule has 1 aromatic heterocycles. The van der Waals surface area contributed by atoms with E-state index in [0.29, 0.717) is 0 Å². The molecule has 0 aromatic carbocycles. The summed E-state index contributed by atoms with van der Waals surface area (Å²) in [6, 6.07) is 0. The summed E-state index contributed by atoms with van der Waals surface area (Å²) in [5, 5.41) is 13.3. The second kappa shape index (κ2) is 2.26. The van der Waals surface area contributed by atoms with Gasteiger partial charge in [0.2, 0.25) is 6.20 Å². The average molecular weight is 142 g/mol. The molecule has 6 heteroatoms. The van der Waals surface area contributed by atoms with Gasteiger partial charge in [0.25, 0.3) is 11.5 Å². The van der Waals surface area contributed by atoms with Gasteiger partial charge in [-0.15, -0.1) is 0 Å². The molecule has 0 spiro atoms. The van der Waals surface area contributed by atoms with Gasteiger partial charge in [0.15, 0.2) is 6.29 Å². The zero-order chi connectivity index (χ0) is 7.56. The van der Waals surface area contributed by atoms with Crippen LogP contribution in [-0.2, 0) is 4.79 Å². The van der Waals surface area contributed by atoms with Crippen LogP contribution >= 0.6 is 0 Å². The summed E-state index contributed by atoms with van der Waals surface area (Å²) >= 11 is 0. The molecule has 52 valence electrons. The molecule has 0 saturated heterocycles. The molecule has 1 rings (SSSR count). The van der Waals surface area contributed by atoms with Gasteiger partial charge in [-0.25, -0.2) is 0 Å². The summed E-state index contributed by atoms with van der Waals surface area (Å²) < 4.78 is 3.92. The van der Waals surface area contributed by atoms with Crippen LogP contribution in [0, 0.1) is 5.21 Å². The van der Waals surface area contributed by atoms with Crippen LogP contribution in [0.4, 0.5) is 0 Å². The Hall–Kier alpha value is -1.72. The average Bonchev–Trinajstić information content (AvgIpc) is 2.34. The monoisotopic (exact) mass is 142 g/mol. The number of aldehydes is 1. The number of carbonyl (C=O) groups excluding carboxylic acids is 2. The fraction of sp³-hybridized carbons (Fsp3) is 0. The Morgan fingerprint density at radius 1 is 1.90 bits per heavy atom.